The summed E-state index contributed by atoms with van der Waals surface area (Å²) < 4.78 is 21.0. The standard InChI is InChI=1S/C51H59N3O9/c1-4-27-53(48(57)26-19-35-17-21-39(22-18-35)54(58)59)47-34-45(52-61-6-3)43-32-38(15-9-11-28-55)42(16-10-12-29-56)49-44-33-41(62-40-23-20-36-13-7-8-14-37(36)31-40)24-25-46(44)63-51(47,50(43)49)60-30-5-2/h5,7-8,13-14,17-26,31-33,38,42,47,49-50,55-56H,2,4,6,9-12,15-16,27-30,34H2,1,3H3/t38-,42+,47-,49+,50+,51+/m0/s1. The van der Waals surface area contributed by atoms with Crippen molar-refractivity contribution < 1.29 is 39.0 Å². The van der Waals surface area contributed by atoms with Crippen LogP contribution in [-0.2, 0) is 14.4 Å². The Balaban J connectivity index is 1.40. The zero-order valence-electron chi connectivity index (χ0n) is 36.3. The lowest BCUT2D eigenvalue weighted by Gasteiger charge is -2.60. The van der Waals surface area contributed by atoms with Gasteiger partial charge in [-0.3, -0.25) is 14.9 Å². The van der Waals surface area contributed by atoms with E-state index in [1.54, 1.807) is 24.3 Å². The number of benzene rings is 4. The fourth-order valence-electron chi connectivity index (χ4n) is 9.85. The van der Waals surface area contributed by atoms with Gasteiger partial charge in [0.15, 0.2) is 0 Å². The van der Waals surface area contributed by atoms with E-state index in [0.29, 0.717) is 55.2 Å². The summed E-state index contributed by atoms with van der Waals surface area (Å²) in [6, 6.07) is 25.6. The highest BCUT2D eigenvalue weighted by Gasteiger charge is 2.65. The van der Waals surface area contributed by atoms with Gasteiger partial charge in [0.05, 0.1) is 23.2 Å². The Morgan fingerprint density at radius 1 is 0.968 bits per heavy atom. The monoisotopic (exact) mass is 857 g/mol. The van der Waals surface area contributed by atoms with Crippen LogP contribution in [0.2, 0.25) is 0 Å². The summed E-state index contributed by atoms with van der Waals surface area (Å²) in [5.41, 5.74) is 3.25. The number of nitro benzene ring substituents is 1. The van der Waals surface area contributed by atoms with Crippen molar-refractivity contribution in [2.75, 3.05) is 33.0 Å². The molecule has 1 amide bonds. The van der Waals surface area contributed by atoms with Gasteiger partial charge in [-0.25, -0.2) is 0 Å². The normalized spacial score (nSPS) is 23.1. The average molecular weight is 858 g/mol. The van der Waals surface area contributed by atoms with Gasteiger partial charge >= 0.3 is 0 Å². The van der Waals surface area contributed by atoms with Crippen LogP contribution in [0.1, 0.15) is 82.3 Å². The molecule has 2 N–H and O–H groups in total. The van der Waals surface area contributed by atoms with Crippen LogP contribution in [0.25, 0.3) is 16.8 Å². The molecule has 7 rings (SSSR count). The van der Waals surface area contributed by atoms with Gasteiger partial charge in [0, 0.05) is 55.9 Å². The van der Waals surface area contributed by atoms with Gasteiger partial charge in [-0.05, 0) is 121 Å². The van der Waals surface area contributed by atoms with Crippen molar-refractivity contribution in [1.29, 1.82) is 0 Å². The molecule has 3 aliphatic rings. The Morgan fingerprint density at radius 2 is 1.70 bits per heavy atom. The molecule has 0 aromatic heterocycles. The number of nitro groups is 1. The molecule has 1 aliphatic heterocycles. The van der Waals surface area contributed by atoms with E-state index in [-0.39, 0.29) is 55.6 Å². The third kappa shape index (κ3) is 9.88. The van der Waals surface area contributed by atoms with Crippen LogP contribution in [0.5, 0.6) is 17.2 Å². The maximum Gasteiger partial charge on any atom is 0.269 e. The van der Waals surface area contributed by atoms with Gasteiger partial charge in [-0.2, -0.15) is 0 Å². The lowest BCUT2D eigenvalue weighted by Crippen LogP contribution is -2.70. The number of carbonyl (C=O) groups is 1. The lowest BCUT2D eigenvalue weighted by atomic mass is 9.55. The number of fused-ring (bicyclic) bond motifs is 3. The van der Waals surface area contributed by atoms with E-state index in [4.69, 9.17) is 24.2 Å². The first-order valence-corrected chi connectivity index (χ1v) is 22.3. The Morgan fingerprint density at radius 3 is 2.41 bits per heavy atom. The highest BCUT2D eigenvalue weighted by molar-refractivity contribution is 6.03. The maximum absolute atomic E-state index is 14.7. The smallest absolute Gasteiger partial charge is 0.269 e. The molecule has 63 heavy (non-hydrogen) atoms. The van der Waals surface area contributed by atoms with E-state index in [1.165, 1.54) is 18.2 Å². The molecule has 0 unspecified atom stereocenters. The van der Waals surface area contributed by atoms with Crippen molar-refractivity contribution >= 4 is 34.2 Å². The molecule has 12 heteroatoms. The quantitative estimate of drug-likeness (QED) is 0.0274. The van der Waals surface area contributed by atoms with Crippen LogP contribution >= 0.6 is 0 Å². The first-order valence-electron chi connectivity index (χ1n) is 22.3. The van der Waals surface area contributed by atoms with Crippen LogP contribution in [-0.4, -0.2) is 76.5 Å². The van der Waals surface area contributed by atoms with Crippen LogP contribution < -0.4 is 9.47 Å². The van der Waals surface area contributed by atoms with Crippen molar-refractivity contribution in [1.82, 2.24) is 4.90 Å². The van der Waals surface area contributed by atoms with E-state index in [9.17, 15) is 25.1 Å². The van der Waals surface area contributed by atoms with Crippen LogP contribution in [0.15, 0.2) is 120 Å². The van der Waals surface area contributed by atoms with Crippen LogP contribution in [0, 0.1) is 27.9 Å². The van der Waals surface area contributed by atoms with Gasteiger partial charge in [-0.15, -0.1) is 6.58 Å². The molecule has 0 radical (unpaired) electrons. The fraction of sp³-hybridized carbons (Fsp3) is 0.412. The highest BCUT2D eigenvalue weighted by atomic mass is 16.7. The Labute approximate surface area is 369 Å². The number of carbonyl (C=O) groups excluding carboxylic acids is 1. The van der Waals surface area contributed by atoms with Crippen molar-refractivity contribution in [2.24, 2.45) is 22.9 Å². The second kappa shape index (κ2) is 21.0. The zero-order chi connectivity index (χ0) is 44.3. The molecule has 4 aromatic rings. The minimum atomic E-state index is -1.40. The second-order valence-corrected chi connectivity index (χ2v) is 16.5. The fourth-order valence-corrected chi connectivity index (χ4v) is 9.85. The number of aliphatic hydroxyl groups excluding tert-OH is 2. The zero-order valence-corrected chi connectivity index (χ0v) is 36.3. The summed E-state index contributed by atoms with van der Waals surface area (Å²) >= 11 is 0. The van der Waals surface area contributed by atoms with Crippen molar-refractivity contribution in [2.45, 2.75) is 83.0 Å². The number of aliphatic hydroxyl groups is 2. The summed E-state index contributed by atoms with van der Waals surface area (Å²) in [4.78, 5) is 33.2. The molecule has 1 saturated carbocycles. The predicted octanol–water partition coefficient (Wildman–Crippen LogP) is 10.1. The van der Waals surface area contributed by atoms with Crippen molar-refractivity contribution in [3.63, 3.8) is 0 Å². The van der Waals surface area contributed by atoms with Gasteiger partial charge in [-0.1, -0.05) is 67.4 Å². The molecule has 0 bridgehead atoms. The first kappa shape index (κ1) is 45.2. The minimum absolute atomic E-state index is 0.0333. The summed E-state index contributed by atoms with van der Waals surface area (Å²) in [7, 11) is 0. The Hall–Kier alpha value is -5.82. The number of nitrogens with zero attached hydrogens (tertiary/aromatic N) is 3. The Kier molecular flexibility index (Phi) is 15.1. The van der Waals surface area contributed by atoms with E-state index in [0.717, 1.165) is 53.3 Å². The minimum Gasteiger partial charge on any atom is -0.459 e. The summed E-state index contributed by atoms with van der Waals surface area (Å²) in [5.74, 6) is -0.205. The molecule has 0 saturated heterocycles. The van der Waals surface area contributed by atoms with E-state index >= 15 is 0 Å². The number of allylic oxidation sites excluding steroid dienone is 1. The number of oxime groups is 1. The SMILES string of the molecule is C=CCO[C@@]12Oc3ccc(Oc4ccc5ccccc5c4)cc3[C@H]3[C@H](CCCCO)[C@@H](CCCCO)C=C(C(=NOCC)C[C@@H]1N(CCC)C(=O)C=Cc1ccc([N+](=O)[O-])cc1)[C@H]32. The van der Waals surface area contributed by atoms with Crippen molar-refractivity contribution in [3.05, 3.63) is 137 Å². The van der Waals surface area contributed by atoms with Crippen molar-refractivity contribution in [3.8, 4) is 17.2 Å². The van der Waals surface area contributed by atoms with E-state index in [2.05, 4.69) is 36.9 Å². The number of amides is 1. The lowest BCUT2D eigenvalue weighted by molar-refractivity contribution is -0.384. The molecule has 12 nitrogen and oxygen atoms in total. The third-order valence-electron chi connectivity index (χ3n) is 12.6. The summed E-state index contributed by atoms with van der Waals surface area (Å²) in [5, 5.41) is 38.2. The number of hydrogen-bond acceptors (Lipinski definition) is 10. The molecular weight excluding hydrogens is 799 g/mol. The second-order valence-electron chi connectivity index (χ2n) is 16.5. The van der Waals surface area contributed by atoms with Gasteiger partial charge < -0.3 is 34.2 Å². The van der Waals surface area contributed by atoms with Crippen LogP contribution in [0.3, 0.4) is 0 Å². The molecule has 1 heterocycles. The average Bonchev–Trinajstić information content (AvgIpc) is 3.30. The van der Waals surface area contributed by atoms with E-state index < -0.39 is 22.7 Å². The van der Waals surface area contributed by atoms with Crippen LogP contribution in [0.4, 0.5) is 5.69 Å². The van der Waals surface area contributed by atoms with Gasteiger partial charge in [0.2, 0.25) is 11.7 Å². The molecular formula is C51H59N3O9. The topological polar surface area (TPSA) is 153 Å². The maximum atomic E-state index is 14.7. The number of rotatable bonds is 21. The molecule has 2 aliphatic carbocycles. The largest absolute Gasteiger partial charge is 0.459 e. The highest BCUT2D eigenvalue weighted by Crippen LogP contribution is 2.62. The van der Waals surface area contributed by atoms with Gasteiger partial charge in [0.25, 0.3) is 5.69 Å². The number of unbranched alkanes of at least 4 members (excludes halogenated alkanes) is 2. The molecule has 1 fully saturated rings. The summed E-state index contributed by atoms with van der Waals surface area (Å²) in [6.07, 6.45) is 12.7. The number of non-ortho nitro benzene ring substituents is 1. The molecule has 4 aromatic carbocycles. The molecule has 6 atom stereocenters. The summed E-state index contributed by atoms with van der Waals surface area (Å²) in [6.45, 7) is 9.00. The predicted molar refractivity (Wildman–Crippen MR) is 245 cm³/mol. The number of hydrogen-bond donors (Lipinski definition) is 2. The van der Waals surface area contributed by atoms with E-state index in [1.807, 2.05) is 55.1 Å². The number of ether oxygens (including phenoxy) is 3. The third-order valence-corrected chi connectivity index (χ3v) is 12.6. The van der Waals surface area contributed by atoms with Gasteiger partial charge in [0.1, 0.15) is 29.9 Å². The molecule has 0 spiro atoms. The first-order chi connectivity index (χ1) is 30.7. The Bertz CT molecular complexity index is 2320. The molecule has 332 valence electrons.